The number of quaternary nitrogens is 1. The highest BCUT2D eigenvalue weighted by Crippen LogP contribution is 2.14. The number of hydrogen-bond acceptors (Lipinski definition) is 2. The van der Waals surface area contributed by atoms with Gasteiger partial charge in [-0.15, -0.1) is 0 Å². The summed E-state index contributed by atoms with van der Waals surface area (Å²) >= 11 is 0. The molecule has 1 atom stereocenters. The van der Waals surface area contributed by atoms with Gasteiger partial charge in [-0.3, -0.25) is 9.59 Å². The Hall–Kier alpha value is -2.72. The molecule has 0 saturated carbocycles. The summed E-state index contributed by atoms with van der Waals surface area (Å²) in [6.07, 6.45) is 0. The number of benzene rings is 2. The maximum Gasteiger partial charge on any atom is 0.198 e. The first-order chi connectivity index (χ1) is 12.0. The van der Waals surface area contributed by atoms with E-state index in [-0.39, 0.29) is 11.2 Å². The van der Waals surface area contributed by atoms with Crippen molar-refractivity contribution in [1.29, 1.82) is 0 Å². The van der Waals surface area contributed by atoms with Crippen LogP contribution < -0.4 is 10.3 Å². The van der Waals surface area contributed by atoms with Crippen molar-refractivity contribution in [2.45, 2.75) is 26.9 Å². The number of H-pyrrole nitrogens is 1. The summed E-state index contributed by atoms with van der Waals surface area (Å²) in [6.45, 7) is 4.94. The molecule has 4 nitrogen and oxygen atoms in total. The third-order valence-electron chi connectivity index (χ3n) is 4.55. The minimum Gasteiger partial charge on any atom is -0.358 e. The Bertz CT molecular complexity index is 974. The third-order valence-corrected chi connectivity index (χ3v) is 4.55. The SMILES string of the molecule is CC(=O)c1ccc2[nH]c(C)c(C[NH+](C)Cc3ccccc3)c(=O)c2c1. The molecule has 0 fully saturated rings. The Balaban J connectivity index is 1.95. The minimum atomic E-state index is -0.0322. The number of pyridine rings is 1. The van der Waals surface area contributed by atoms with E-state index in [9.17, 15) is 9.59 Å². The Morgan fingerprint density at radius 2 is 1.80 bits per heavy atom. The fourth-order valence-electron chi connectivity index (χ4n) is 3.19. The van der Waals surface area contributed by atoms with Crippen LogP contribution in [0.1, 0.15) is 34.1 Å². The van der Waals surface area contributed by atoms with Gasteiger partial charge in [0.15, 0.2) is 11.2 Å². The van der Waals surface area contributed by atoms with Crippen LogP contribution >= 0.6 is 0 Å². The second-order valence-corrected chi connectivity index (χ2v) is 6.67. The molecule has 128 valence electrons. The molecule has 0 saturated heterocycles. The van der Waals surface area contributed by atoms with Gasteiger partial charge in [-0.05, 0) is 32.0 Å². The van der Waals surface area contributed by atoms with Crippen molar-refractivity contribution < 1.29 is 9.69 Å². The normalized spacial score (nSPS) is 12.3. The molecule has 1 aromatic heterocycles. The van der Waals surface area contributed by atoms with Crippen molar-refractivity contribution in [2.75, 3.05) is 7.05 Å². The van der Waals surface area contributed by atoms with Gasteiger partial charge >= 0.3 is 0 Å². The molecular formula is C21H23N2O2+. The van der Waals surface area contributed by atoms with E-state index in [1.54, 1.807) is 12.1 Å². The molecule has 4 heteroatoms. The van der Waals surface area contributed by atoms with Gasteiger partial charge in [0.1, 0.15) is 13.1 Å². The lowest BCUT2D eigenvalue weighted by atomic mass is 10.0. The number of ketones is 1. The standard InChI is InChI=1S/C21H22N2O2/c1-14-19(13-23(3)12-16-7-5-4-6-8-16)21(25)18-11-17(15(2)24)9-10-20(18)22-14/h4-11H,12-13H2,1-3H3,(H,22,25)/p+1. The van der Waals surface area contributed by atoms with E-state index in [2.05, 4.69) is 24.2 Å². The van der Waals surface area contributed by atoms with E-state index < -0.39 is 0 Å². The van der Waals surface area contributed by atoms with Crippen molar-refractivity contribution in [2.24, 2.45) is 0 Å². The Morgan fingerprint density at radius 1 is 1.08 bits per heavy atom. The third kappa shape index (κ3) is 3.69. The van der Waals surface area contributed by atoms with Crippen molar-refractivity contribution in [3.8, 4) is 0 Å². The average molecular weight is 335 g/mol. The molecule has 0 aliphatic carbocycles. The van der Waals surface area contributed by atoms with Gasteiger partial charge in [-0.1, -0.05) is 30.3 Å². The van der Waals surface area contributed by atoms with Gasteiger partial charge in [-0.2, -0.15) is 0 Å². The predicted molar refractivity (Wildman–Crippen MR) is 100 cm³/mol. The first kappa shape index (κ1) is 17.1. The number of nitrogens with one attached hydrogen (secondary N) is 2. The highest BCUT2D eigenvalue weighted by atomic mass is 16.1. The first-order valence-corrected chi connectivity index (χ1v) is 8.47. The minimum absolute atomic E-state index is 0.0155. The van der Waals surface area contributed by atoms with Crippen LogP contribution in [0.5, 0.6) is 0 Å². The summed E-state index contributed by atoms with van der Waals surface area (Å²) in [5.74, 6) is -0.0322. The number of aryl methyl sites for hydroxylation is 1. The summed E-state index contributed by atoms with van der Waals surface area (Å²) in [5, 5.41) is 0.584. The molecule has 1 unspecified atom stereocenters. The summed E-state index contributed by atoms with van der Waals surface area (Å²) in [7, 11) is 2.09. The van der Waals surface area contributed by atoms with Crippen molar-refractivity contribution in [3.05, 3.63) is 81.1 Å². The van der Waals surface area contributed by atoms with E-state index in [1.165, 1.54) is 17.4 Å². The van der Waals surface area contributed by atoms with Gasteiger partial charge in [0.25, 0.3) is 0 Å². The second-order valence-electron chi connectivity index (χ2n) is 6.67. The van der Waals surface area contributed by atoms with Gasteiger partial charge in [0, 0.05) is 27.7 Å². The van der Waals surface area contributed by atoms with Crippen LogP contribution in [-0.4, -0.2) is 17.8 Å². The van der Waals surface area contributed by atoms with Gasteiger partial charge in [-0.25, -0.2) is 0 Å². The molecule has 1 heterocycles. The number of aromatic nitrogens is 1. The zero-order chi connectivity index (χ0) is 18.0. The molecule has 25 heavy (non-hydrogen) atoms. The number of fused-ring (bicyclic) bond motifs is 1. The van der Waals surface area contributed by atoms with E-state index in [0.29, 0.717) is 17.5 Å². The summed E-state index contributed by atoms with van der Waals surface area (Å²) in [6, 6.07) is 15.5. The molecule has 3 aromatic rings. The van der Waals surface area contributed by atoms with Crippen LogP contribution in [0.2, 0.25) is 0 Å². The lowest BCUT2D eigenvalue weighted by Gasteiger charge is -2.16. The number of rotatable bonds is 5. The quantitative estimate of drug-likeness (QED) is 0.703. The maximum absolute atomic E-state index is 13.0. The average Bonchev–Trinajstić information content (AvgIpc) is 2.59. The van der Waals surface area contributed by atoms with Crippen LogP contribution in [0.15, 0.2) is 53.3 Å². The van der Waals surface area contributed by atoms with Gasteiger partial charge < -0.3 is 9.88 Å². The van der Waals surface area contributed by atoms with E-state index >= 15 is 0 Å². The second kappa shape index (κ2) is 7.03. The molecule has 2 N–H and O–H groups in total. The fraction of sp³-hybridized carbons (Fsp3) is 0.238. The van der Waals surface area contributed by atoms with Crippen molar-refractivity contribution in [3.63, 3.8) is 0 Å². The Morgan fingerprint density at radius 3 is 2.48 bits per heavy atom. The van der Waals surface area contributed by atoms with Crippen LogP contribution in [0, 0.1) is 6.92 Å². The molecule has 2 aromatic carbocycles. The zero-order valence-corrected chi connectivity index (χ0v) is 14.8. The fourth-order valence-corrected chi connectivity index (χ4v) is 3.19. The molecule has 3 rings (SSSR count). The van der Waals surface area contributed by atoms with Crippen LogP contribution in [-0.2, 0) is 13.1 Å². The van der Waals surface area contributed by atoms with Gasteiger partial charge in [0.2, 0.25) is 0 Å². The monoisotopic (exact) mass is 335 g/mol. The molecule has 0 bridgehead atoms. The highest BCUT2D eigenvalue weighted by Gasteiger charge is 2.15. The van der Waals surface area contributed by atoms with Crippen molar-refractivity contribution >= 4 is 16.7 Å². The molecular weight excluding hydrogens is 312 g/mol. The Kier molecular flexibility index (Phi) is 4.81. The topological polar surface area (TPSA) is 54.4 Å². The van der Waals surface area contributed by atoms with E-state index in [0.717, 1.165) is 23.3 Å². The highest BCUT2D eigenvalue weighted by molar-refractivity contribution is 5.97. The summed E-state index contributed by atoms with van der Waals surface area (Å²) in [4.78, 5) is 29.1. The smallest absolute Gasteiger partial charge is 0.198 e. The first-order valence-electron chi connectivity index (χ1n) is 8.47. The predicted octanol–water partition coefficient (Wildman–Crippen LogP) is 2.25. The molecule has 0 aliphatic heterocycles. The maximum atomic E-state index is 13.0. The Labute approximate surface area is 147 Å². The molecule has 0 aliphatic rings. The molecule has 0 amide bonds. The van der Waals surface area contributed by atoms with Crippen LogP contribution in [0.25, 0.3) is 10.9 Å². The zero-order valence-electron chi connectivity index (χ0n) is 14.8. The number of aromatic amines is 1. The van der Waals surface area contributed by atoms with Gasteiger partial charge in [0.05, 0.1) is 12.6 Å². The summed E-state index contributed by atoms with van der Waals surface area (Å²) in [5.41, 5.74) is 4.27. The molecule has 0 spiro atoms. The lowest BCUT2D eigenvalue weighted by Crippen LogP contribution is -3.06. The summed E-state index contributed by atoms with van der Waals surface area (Å²) < 4.78 is 0. The largest absolute Gasteiger partial charge is 0.358 e. The number of hydrogen-bond donors (Lipinski definition) is 2. The molecule has 0 radical (unpaired) electrons. The lowest BCUT2D eigenvalue weighted by molar-refractivity contribution is -0.907. The van der Waals surface area contributed by atoms with Crippen LogP contribution in [0.3, 0.4) is 0 Å². The van der Waals surface area contributed by atoms with Crippen molar-refractivity contribution in [1.82, 2.24) is 4.98 Å². The number of carbonyl (C=O) groups excluding carboxylic acids is 1. The number of carbonyl (C=O) groups is 1. The van der Waals surface area contributed by atoms with Crippen LogP contribution in [0.4, 0.5) is 0 Å². The van der Waals surface area contributed by atoms with E-state index in [1.807, 2.05) is 31.2 Å². The van der Waals surface area contributed by atoms with E-state index in [4.69, 9.17) is 0 Å². The number of Topliss-reactive ketones (excluding diaryl/α,β-unsaturated/α-hetero) is 1.